The molecule has 0 atom stereocenters. The van der Waals surface area contributed by atoms with Crippen molar-refractivity contribution in [2.45, 2.75) is 26.8 Å². The van der Waals surface area contributed by atoms with Crippen molar-refractivity contribution in [1.29, 1.82) is 0 Å². The maximum absolute atomic E-state index is 8.98. The molecule has 0 spiro atoms. The van der Waals surface area contributed by atoms with Gasteiger partial charge in [-0.1, -0.05) is 11.3 Å². The minimum atomic E-state index is 0. The van der Waals surface area contributed by atoms with E-state index in [1.54, 1.807) is 17.5 Å². The SMILES string of the molecule is Cc1ncc(C[n+]2csc(CCO)c2C)c(N)n1.Cl.[Zn+2]. The zero-order chi connectivity index (χ0) is 13.1. The van der Waals surface area contributed by atoms with Crippen LogP contribution >= 0.6 is 23.7 Å². The minimum absolute atomic E-state index is 0. The first-order valence-corrected chi connectivity index (χ1v) is 6.65. The van der Waals surface area contributed by atoms with Crippen LogP contribution in [0.3, 0.4) is 0 Å². The Balaban J connectivity index is 0.00000180. The summed E-state index contributed by atoms with van der Waals surface area (Å²) in [5.41, 5.74) is 10.0. The maximum Gasteiger partial charge on any atom is 2.00 e. The van der Waals surface area contributed by atoms with Gasteiger partial charge in [-0.05, 0) is 6.92 Å². The fourth-order valence-electron chi connectivity index (χ4n) is 1.77. The van der Waals surface area contributed by atoms with Gasteiger partial charge in [0.1, 0.15) is 11.6 Å². The minimum Gasteiger partial charge on any atom is -0.396 e. The van der Waals surface area contributed by atoms with Crippen molar-refractivity contribution >= 4 is 29.6 Å². The van der Waals surface area contributed by atoms with Crippen LogP contribution in [0.15, 0.2) is 11.7 Å². The van der Waals surface area contributed by atoms with E-state index < -0.39 is 0 Å². The van der Waals surface area contributed by atoms with Crippen LogP contribution in [0.4, 0.5) is 5.82 Å². The third-order valence-electron chi connectivity index (χ3n) is 2.85. The third-order valence-corrected chi connectivity index (χ3v) is 4.00. The van der Waals surface area contributed by atoms with Crippen LogP contribution in [0.25, 0.3) is 0 Å². The number of aliphatic hydroxyl groups is 1. The molecule has 2 heterocycles. The molecular weight excluding hydrogens is 349 g/mol. The molecule has 0 radical (unpaired) electrons. The van der Waals surface area contributed by atoms with Crippen molar-refractivity contribution in [2.75, 3.05) is 12.3 Å². The average Bonchev–Trinajstić information content (AvgIpc) is 2.66. The molecule has 0 bridgehead atoms. The topological polar surface area (TPSA) is 75.9 Å². The number of nitrogen functional groups attached to an aromatic ring is 1. The number of aromatic nitrogens is 3. The van der Waals surface area contributed by atoms with Crippen molar-refractivity contribution in [3.05, 3.63) is 33.7 Å². The summed E-state index contributed by atoms with van der Waals surface area (Å²) in [5, 5.41) is 8.98. The van der Waals surface area contributed by atoms with Crippen molar-refractivity contribution in [3.8, 4) is 0 Å². The van der Waals surface area contributed by atoms with E-state index in [0.717, 1.165) is 11.3 Å². The fraction of sp³-hybridized carbons (Fsp3) is 0.417. The molecule has 0 aromatic carbocycles. The van der Waals surface area contributed by atoms with E-state index in [1.807, 2.05) is 19.4 Å². The molecule has 20 heavy (non-hydrogen) atoms. The monoisotopic (exact) mass is 365 g/mol. The van der Waals surface area contributed by atoms with Crippen LogP contribution in [-0.4, -0.2) is 21.7 Å². The fourth-order valence-corrected chi connectivity index (χ4v) is 2.75. The zero-order valence-electron chi connectivity index (χ0n) is 11.7. The van der Waals surface area contributed by atoms with E-state index in [9.17, 15) is 0 Å². The van der Waals surface area contributed by atoms with Gasteiger partial charge in [-0.3, -0.25) is 0 Å². The molecule has 0 unspecified atom stereocenters. The number of anilines is 1. The van der Waals surface area contributed by atoms with Crippen LogP contribution in [0.2, 0.25) is 0 Å². The third kappa shape index (κ3) is 4.45. The Morgan fingerprint density at radius 3 is 2.70 bits per heavy atom. The molecule has 0 saturated heterocycles. The number of nitrogens with zero attached hydrogens (tertiary/aromatic N) is 3. The maximum atomic E-state index is 8.98. The molecule has 0 aliphatic rings. The van der Waals surface area contributed by atoms with E-state index in [0.29, 0.717) is 24.6 Å². The van der Waals surface area contributed by atoms with Crippen molar-refractivity contribution in [1.82, 2.24) is 9.97 Å². The molecular formula is C12H18ClN4OSZn+3. The first-order valence-electron chi connectivity index (χ1n) is 5.77. The number of thiazole rings is 1. The molecule has 2 aromatic rings. The van der Waals surface area contributed by atoms with Gasteiger partial charge in [-0.2, -0.15) is 4.57 Å². The van der Waals surface area contributed by atoms with E-state index in [2.05, 4.69) is 14.5 Å². The van der Waals surface area contributed by atoms with Gasteiger partial charge in [-0.25, -0.2) is 9.97 Å². The average molecular weight is 367 g/mol. The molecule has 3 N–H and O–H groups in total. The molecule has 0 aliphatic heterocycles. The largest absolute Gasteiger partial charge is 2.00 e. The van der Waals surface area contributed by atoms with Gasteiger partial charge in [-0.15, -0.1) is 12.4 Å². The van der Waals surface area contributed by atoms with Crippen molar-refractivity contribution in [2.24, 2.45) is 0 Å². The molecule has 104 valence electrons. The Kier molecular flexibility index (Phi) is 8.36. The normalized spacial score (nSPS) is 9.75. The van der Waals surface area contributed by atoms with Crippen molar-refractivity contribution in [3.63, 3.8) is 0 Å². The van der Waals surface area contributed by atoms with Gasteiger partial charge in [0.2, 0.25) is 5.51 Å². The number of aliphatic hydroxyl groups excluding tert-OH is 1. The predicted molar refractivity (Wildman–Crippen MR) is 77.6 cm³/mol. The van der Waals surface area contributed by atoms with Gasteiger partial charge in [0, 0.05) is 26.1 Å². The number of rotatable bonds is 4. The zero-order valence-corrected chi connectivity index (χ0v) is 16.3. The second-order valence-corrected chi connectivity index (χ2v) is 5.10. The van der Waals surface area contributed by atoms with Crippen LogP contribution in [-0.2, 0) is 32.4 Å². The summed E-state index contributed by atoms with van der Waals surface area (Å²) in [6, 6.07) is 0. The summed E-state index contributed by atoms with van der Waals surface area (Å²) < 4.78 is 2.11. The Bertz CT molecular complexity index is 564. The van der Waals surface area contributed by atoms with Crippen LogP contribution in [0, 0.1) is 13.8 Å². The number of hydrogen-bond donors (Lipinski definition) is 2. The first-order chi connectivity index (χ1) is 8.61. The Labute approximate surface area is 141 Å². The Morgan fingerprint density at radius 2 is 2.10 bits per heavy atom. The number of halogens is 1. The molecule has 0 saturated carbocycles. The molecule has 2 aromatic heterocycles. The summed E-state index contributed by atoms with van der Waals surface area (Å²) in [6.07, 6.45) is 2.47. The summed E-state index contributed by atoms with van der Waals surface area (Å²) in [5.74, 6) is 1.22. The van der Waals surface area contributed by atoms with Gasteiger partial charge < -0.3 is 10.8 Å². The molecule has 0 aliphatic carbocycles. The molecule has 8 heteroatoms. The second-order valence-electron chi connectivity index (χ2n) is 4.16. The first kappa shape index (κ1) is 19.4. The van der Waals surface area contributed by atoms with E-state index in [1.165, 1.54) is 4.88 Å². The summed E-state index contributed by atoms with van der Waals surface area (Å²) in [4.78, 5) is 9.53. The van der Waals surface area contributed by atoms with Gasteiger partial charge >= 0.3 is 19.5 Å². The summed E-state index contributed by atoms with van der Waals surface area (Å²) in [6.45, 7) is 4.71. The van der Waals surface area contributed by atoms with E-state index >= 15 is 0 Å². The van der Waals surface area contributed by atoms with Crippen molar-refractivity contribution < 1.29 is 29.2 Å². The van der Waals surface area contributed by atoms with Gasteiger partial charge in [0.05, 0.1) is 10.4 Å². The molecule has 0 amide bonds. The quantitative estimate of drug-likeness (QED) is 0.625. The molecule has 2 rings (SSSR count). The van der Waals surface area contributed by atoms with Gasteiger partial charge in [0.15, 0.2) is 12.2 Å². The second kappa shape index (κ2) is 8.62. The van der Waals surface area contributed by atoms with Crippen LogP contribution in [0.5, 0.6) is 0 Å². The number of hydrogen-bond acceptors (Lipinski definition) is 5. The number of nitrogens with two attached hydrogens (primary N) is 1. The Hall–Kier alpha value is -0.617. The number of aryl methyl sites for hydroxylation is 1. The summed E-state index contributed by atoms with van der Waals surface area (Å²) >= 11 is 1.65. The van der Waals surface area contributed by atoms with Crippen LogP contribution in [0.1, 0.15) is 22.0 Å². The Morgan fingerprint density at radius 1 is 1.40 bits per heavy atom. The standard InChI is InChI=1S/C12H17N4OS.ClH.Zn/c1-8-11(3-4-17)18-7-16(8)6-10-5-14-9(2)15-12(10)13;;/h5,7,17H,3-4,6H2,1-2H3,(H2,13,14,15);1H;/q+1;;+2. The van der Waals surface area contributed by atoms with Crippen LogP contribution < -0.4 is 10.3 Å². The smallest absolute Gasteiger partial charge is 0.396 e. The van der Waals surface area contributed by atoms with Gasteiger partial charge in [0.25, 0.3) is 0 Å². The summed E-state index contributed by atoms with van der Waals surface area (Å²) in [7, 11) is 0. The van der Waals surface area contributed by atoms with E-state index in [4.69, 9.17) is 10.8 Å². The molecule has 0 fully saturated rings. The predicted octanol–water partition coefficient (Wildman–Crippen LogP) is 1.03. The molecule has 5 nitrogen and oxygen atoms in total. The van der Waals surface area contributed by atoms with E-state index in [-0.39, 0.29) is 38.5 Å².